The van der Waals surface area contributed by atoms with E-state index >= 15 is 0 Å². The van der Waals surface area contributed by atoms with Crippen molar-refractivity contribution in [3.05, 3.63) is 70.2 Å². The monoisotopic (exact) mass is 552 g/mol. The molecular weight excluding hydrogens is 523 g/mol. The summed E-state index contributed by atoms with van der Waals surface area (Å²) in [5, 5.41) is 11.0. The molecule has 8 nitrogen and oxygen atoms in total. The second-order valence-corrected chi connectivity index (χ2v) is 11.6. The Labute approximate surface area is 231 Å². The average molecular weight is 553 g/mol. The van der Waals surface area contributed by atoms with E-state index in [2.05, 4.69) is 40.2 Å². The highest BCUT2D eigenvalue weighted by atomic mass is 35.5. The van der Waals surface area contributed by atoms with E-state index in [0.29, 0.717) is 36.2 Å². The Kier molecular flexibility index (Phi) is 6.96. The Balaban J connectivity index is 1.41. The highest BCUT2D eigenvalue weighted by molar-refractivity contribution is 6.33. The van der Waals surface area contributed by atoms with E-state index in [9.17, 15) is 9.90 Å². The molecule has 198 valence electrons. The Hall–Kier alpha value is -3.36. The van der Waals surface area contributed by atoms with Gasteiger partial charge in [0.1, 0.15) is 17.2 Å². The molecule has 0 radical (unpaired) electrons. The van der Waals surface area contributed by atoms with Crippen LogP contribution in [0.15, 0.2) is 48.8 Å². The van der Waals surface area contributed by atoms with Gasteiger partial charge in [-0.3, -0.25) is 4.98 Å². The number of carboxylic acid groups (broad SMARTS) is 1. The molecule has 5 rings (SSSR count). The van der Waals surface area contributed by atoms with E-state index < -0.39 is 6.09 Å². The Morgan fingerprint density at radius 3 is 2.55 bits per heavy atom. The van der Waals surface area contributed by atoms with Crippen molar-refractivity contribution in [2.24, 2.45) is 5.41 Å². The van der Waals surface area contributed by atoms with Crippen LogP contribution in [-0.2, 0) is 6.54 Å². The molecule has 1 atom stereocenters. The van der Waals surface area contributed by atoms with Crippen LogP contribution in [0.1, 0.15) is 32.2 Å². The van der Waals surface area contributed by atoms with Crippen LogP contribution >= 0.6 is 23.2 Å². The van der Waals surface area contributed by atoms with E-state index in [1.54, 1.807) is 23.2 Å². The fraction of sp³-hybridized carbons (Fsp3) is 0.357. The molecule has 10 heteroatoms. The highest BCUT2D eigenvalue weighted by Gasteiger charge is 2.38. The smallest absolute Gasteiger partial charge is 0.407 e. The normalized spacial score (nSPS) is 16.3. The summed E-state index contributed by atoms with van der Waals surface area (Å²) in [6.07, 6.45) is 2.72. The van der Waals surface area contributed by atoms with E-state index in [-0.39, 0.29) is 11.5 Å². The first-order valence-electron chi connectivity index (χ1n) is 12.5. The lowest BCUT2D eigenvalue weighted by atomic mass is 9.84. The van der Waals surface area contributed by atoms with Gasteiger partial charge in [0.2, 0.25) is 0 Å². The molecule has 1 aliphatic heterocycles. The zero-order valence-corrected chi connectivity index (χ0v) is 23.3. The van der Waals surface area contributed by atoms with Crippen molar-refractivity contribution in [3.8, 4) is 11.3 Å². The number of aromatic nitrogens is 4. The number of benzene rings is 1. The maximum absolute atomic E-state index is 11.8. The minimum absolute atomic E-state index is 0.129. The summed E-state index contributed by atoms with van der Waals surface area (Å²) in [7, 11) is 0. The van der Waals surface area contributed by atoms with E-state index in [4.69, 9.17) is 28.2 Å². The van der Waals surface area contributed by atoms with E-state index in [1.165, 1.54) is 0 Å². The summed E-state index contributed by atoms with van der Waals surface area (Å²) in [6, 6.07) is 11.3. The number of nitrogens with zero attached hydrogens (tertiary/aromatic N) is 6. The van der Waals surface area contributed by atoms with Crippen LogP contribution in [0.3, 0.4) is 0 Å². The molecule has 1 amide bonds. The van der Waals surface area contributed by atoms with Crippen LogP contribution in [0.5, 0.6) is 0 Å². The summed E-state index contributed by atoms with van der Waals surface area (Å²) in [5.74, 6) is 1.68. The van der Waals surface area contributed by atoms with Crippen molar-refractivity contribution in [3.63, 3.8) is 0 Å². The highest BCUT2D eigenvalue weighted by Crippen LogP contribution is 2.31. The molecule has 1 aliphatic rings. The van der Waals surface area contributed by atoms with Gasteiger partial charge in [-0.25, -0.2) is 14.8 Å². The number of hydrogen-bond acceptors (Lipinski definition) is 5. The third-order valence-corrected chi connectivity index (χ3v) is 7.76. The summed E-state index contributed by atoms with van der Waals surface area (Å²) in [5.41, 5.74) is 4.16. The largest absolute Gasteiger partial charge is 0.465 e. The molecule has 0 bridgehead atoms. The number of fused-ring (bicyclic) bond motifs is 1. The van der Waals surface area contributed by atoms with Gasteiger partial charge in [0.05, 0.1) is 30.0 Å². The van der Waals surface area contributed by atoms with Gasteiger partial charge in [0, 0.05) is 41.4 Å². The first-order chi connectivity index (χ1) is 18.0. The number of pyridine rings is 2. The zero-order valence-electron chi connectivity index (χ0n) is 21.8. The Morgan fingerprint density at radius 2 is 1.87 bits per heavy atom. The molecular formula is C28H30Cl2N6O2. The fourth-order valence-corrected chi connectivity index (χ4v) is 5.40. The van der Waals surface area contributed by atoms with Crippen molar-refractivity contribution < 1.29 is 9.90 Å². The molecule has 1 unspecified atom stereocenters. The Bertz CT molecular complexity index is 1500. The van der Waals surface area contributed by atoms with Gasteiger partial charge < -0.3 is 19.5 Å². The minimum atomic E-state index is -0.874. The molecule has 0 spiro atoms. The van der Waals surface area contributed by atoms with Crippen molar-refractivity contribution in [1.82, 2.24) is 24.4 Å². The SMILES string of the molecule is Cc1nc2cnc(-c3ccc(N4CCN(C(=O)O)C(C(C)(C)C)C4)nc3)cc2n1Cc1cc(Cl)ccc1Cl. The summed E-state index contributed by atoms with van der Waals surface area (Å²) >= 11 is 12.6. The summed E-state index contributed by atoms with van der Waals surface area (Å²) in [6.45, 7) is 10.4. The number of imidazole rings is 1. The molecule has 38 heavy (non-hydrogen) atoms. The second-order valence-electron chi connectivity index (χ2n) is 10.7. The van der Waals surface area contributed by atoms with Crippen LogP contribution in [-0.4, -0.2) is 61.3 Å². The number of hydrogen-bond donors (Lipinski definition) is 1. The van der Waals surface area contributed by atoms with Gasteiger partial charge in [-0.1, -0.05) is 44.0 Å². The van der Waals surface area contributed by atoms with Crippen molar-refractivity contribution in [2.75, 3.05) is 24.5 Å². The standard InChI is InChI=1S/C28H30Cl2N6O2/c1-17-33-23-14-31-22(12-24(23)36(17)15-19-11-20(29)6-7-21(19)30)18-5-8-26(32-13-18)34-9-10-35(27(37)38)25(16-34)28(2,3)4/h5-8,11-14,25H,9-10,15-16H2,1-4H3,(H,37,38). The number of piperazine rings is 1. The minimum Gasteiger partial charge on any atom is -0.465 e. The average Bonchev–Trinajstić information content (AvgIpc) is 3.19. The van der Waals surface area contributed by atoms with Gasteiger partial charge in [-0.15, -0.1) is 0 Å². The van der Waals surface area contributed by atoms with Gasteiger partial charge in [0.25, 0.3) is 0 Å². The number of halogens is 2. The van der Waals surface area contributed by atoms with Crippen molar-refractivity contribution in [1.29, 1.82) is 0 Å². The predicted octanol–water partition coefficient (Wildman–Crippen LogP) is 6.37. The van der Waals surface area contributed by atoms with Crippen molar-refractivity contribution in [2.45, 2.75) is 40.3 Å². The maximum Gasteiger partial charge on any atom is 0.407 e. The molecule has 0 aliphatic carbocycles. The molecule has 0 saturated carbocycles. The van der Waals surface area contributed by atoms with Crippen LogP contribution in [0.4, 0.5) is 10.6 Å². The van der Waals surface area contributed by atoms with Crippen LogP contribution in [0.2, 0.25) is 10.0 Å². The quantitative estimate of drug-likeness (QED) is 0.316. The number of rotatable bonds is 4. The molecule has 3 aromatic heterocycles. The molecule has 4 heterocycles. The lowest BCUT2D eigenvalue weighted by molar-refractivity contribution is 0.0747. The van der Waals surface area contributed by atoms with Crippen LogP contribution < -0.4 is 4.90 Å². The van der Waals surface area contributed by atoms with Gasteiger partial charge in [-0.2, -0.15) is 0 Å². The number of carbonyl (C=O) groups is 1. The first kappa shape index (κ1) is 26.3. The predicted molar refractivity (Wildman–Crippen MR) is 151 cm³/mol. The molecule has 1 fully saturated rings. The van der Waals surface area contributed by atoms with Crippen LogP contribution in [0, 0.1) is 12.3 Å². The second kappa shape index (κ2) is 10.1. The topological polar surface area (TPSA) is 87.4 Å². The number of amides is 1. The lowest BCUT2D eigenvalue weighted by Crippen LogP contribution is -2.59. The van der Waals surface area contributed by atoms with Gasteiger partial charge in [-0.05, 0) is 54.3 Å². The van der Waals surface area contributed by atoms with Crippen LogP contribution in [0.25, 0.3) is 22.3 Å². The molecule has 4 aromatic rings. The third-order valence-electron chi connectivity index (χ3n) is 7.16. The van der Waals surface area contributed by atoms with E-state index in [0.717, 1.165) is 39.5 Å². The van der Waals surface area contributed by atoms with Gasteiger partial charge >= 0.3 is 6.09 Å². The molecule has 1 aromatic carbocycles. The maximum atomic E-state index is 11.8. The third kappa shape index (κ3) is 5.15. The molecule has 1 saturated heterocycles. The lowest BCUT2D eigenvalue weighted by Gasteiger charge is -2.46. The summed E-state index contributed by atoms with van der Waals surface area (Å²) < 4.78 is 2.11. The number of anilines is 1. The summed E-state index contributed by atoms with van der Waals surface area (Å²) in [4.78, 5) is 29.5. The van der Waals surface area contributed by atoms with E-state index in [1.807, 2.05) is 37.4 Å². The van der Waals surface area contributed by atoms with Gasteiger partial charge in [0.15, 0.2) is 0 Å². The van der Waals surface area contributed by atoms with Crippen molar-refractivity contribution >= 4 is 46.1 Å². The molecule has 1 N–H and O–H groups in total. The Morgan fingerprint density at radius 1 is 1.08 bits per heavy atom. The number of aryl methyl sites for hydroxylation is 1. The zero-order chi connectivity index (χ0) is 27.2. The fourth-order valence-electron chi connectivity index (χ4n) is 5.03. The first-order valence-corrected chi connectivity index (χ1v) is 13.2.